The molecule has 0 radical (unpaired) electrons. The molecule has 1 aliphatic heterocycles. The van der Waals surface area contributed by atoms with Crippen LogP contribution < -0.4 is 4.90 Å². The zero-order valence-electron chi connectivity index (χ0n) is 19.8. The fourth-order valence-electron chi connectivity index (χ4n) is 5.17. The second kappa shape index (κ2) is 8.87. The molecule has 2 aromatic carbocycles. The van der Waals surface area contributed by atoms with Crippen LogP contribution >= 0.6 is 0 Å². The number of halogens is 4. The van der Waals surface area contributed by atoms with Crippen molar-refractivity contribution in [3.8, 4) is 0 Å². The van der Waals surface area contributed by atoms with E-state index in [0.29, 0.717) is 23.6 Å². The zero-order chi connectivity index (χ0) is 25.8. The van der Waals surface area contributed by atoms with Crippen molar-refractivity contribution in [3.05, 3.63) is 82.3 Å². The summed E-state index contributed by atoms with van der Waals surface area (Å²) < 4.78 is 55.4. The molecule has 0 bridgehead atoms. The summed E-state index contributed by atoms with van der Waals surface area (Å²) in [6.45, 7) is 4.04. The first-order chi connectivity index (χ1) is 17.1. The normalized spacial score (nSPS) is 19.9. The fraction of sp³-hybridized carbons (Fsp3) is 0.370. The number of amides is 1. The molecular formula is C27H25F4N3O2. The van der Waals surface area contributed by atoms with Crippen LogP contribution in [0, 0.1) is 18.7 Å². The van der Waals surface area contributed by atoms with Gasteiger partial charge in [-0.25, -0.2) is 9.07 Å². The number of benzene rings is 2. The largest absolute Gasteiger partial charge is 0.416 e. The van der Waals surface area contributed by atoms with Crippen molar-refractivity contribution < 1.29 is 27.2 Å². The van der Waals surface area contributed by atoms with Crippen LogP contribution in [-0.2, 0) is 11.0 Å². The van der Waals surface area contributed by atoms with Crippen LogP contribution in [0.4, 0.5) is 23.4 Å². The molecule has 5 rings (SSSR count). The van der Waals surface area contributed by atoms with Crippen molar-refractivity contribution in [1.82, 2.24) is 9.78 Å². The van der Waals surface area contributed by atoms with Gasteiger partial charge in [-0.05, 0) is 56.5 Å². The maximum absolute atomic E-state index is 13.8. The maximum atomic E-state index is 13.8. The molecule has 36 heavy (non-hydrogen) atoms. The lowest BCUT2D eigenvalue weighted by molar-refractivity contribution is -0.137. The zero-order valence-corrected chi connectivity index (χ0v) is 19.8. The monoisotopic (exact) mass is 499 g/mol. The van der Waals surface area contributed by atoms with Crippen LogP contribution in [0.15, 0.2) is 48.5 Å². The second-order valence-electron chi connectivity index (χ2n) is 9.42. The molecule has 0 saturated heterocycles. The SMILES string of the molecule is CCN1C(=O)[C@@H](CC(=O)c2cccc(C(F)(F)F)c2)[C@@H](c2ccc(F)cc2)c2c(C)nn(C3CC3)c21. The average Bonchev–Trinajstić information content (AvgIpc) is 3.63. The Hall–Kier alpha value is -3.49. The van der Waals surface area contributed by atoms with E-state index in [0.717, 1.165) is 30.5 Å². The number of carbonyl (C=O) groups excluding carboxylic acids is 2. The number of Topliss-reactive ketones (excluding diaryl/α,β-unsaturated/α-hetero) is 1. The Morgan fingerprint density at radius 2 is 1.81 bits per heavy atom. The Balaban J connectivity index is 1.60. The molecule has 5 nitrogen and oxygen atoms in total. The van der Waals surface area contributed by atoms with Gasteiger partial charge in [0.25, 0.3) is 0 Å². The van der Waals surface area contributed by atoms with Gasteiger partial charge in [0.1, 0.15) is 11.6 Å². The van der Waals surface area contributed by atoms with E-state index >= 15 is 0 Å². The third-order valence-corrected chi connectivity index (χ3v) is 7.01. The maximum Gasteiger partial charge on any atom is 0.416 e. The summed E-state index contributed by atoms with van der Waals surface area (Å²) in [7, 11) is 0. The minimum absolute atomic E-state index is 0.102. The van der Waals surface area contributed by atoms with E-state index in [2.05, 4.69) is 0 Å². The van der Waals surface area contributed by atoms with E-state index in [9.17, 15) is 27.2 Å². The molecule has 2 heterocycles. The number of anilines is 1. The summed E-state index contributed by atoms with van der Waals surface area (Å²) in [6.07, 6.45) is -2.96. The van der Waals surface area contributed by atoms with Crippen LogP contribution in [0.1, 0.15) is 70.9 Å². The quantitative estimate of drug-likeness (QED) is 0.306. The van der Waals surface area contributed by atoms with Crippen LogP contribution in [0.3, 0.4) is 0 Å². The number of fused-ring (bicyclic) bond motifs is 1. The summed E-state index contributed by atoms with van der Waals surface area (Å²) in [6, 6.07) is 10.2. The van der Waals surface area contributed by atoms with Crippen molar-refractivity contribution >= 4 is 17.5 Å². The van der Waals surface area contributed by atoms with Crippen LogP contribution in [0.2, 0.25) is 0 Å². The third-order valence-electron chi connectivity index (χ3n) is 7.01. The number of aromatic nitrogens is 2. The van der Waals surface area contributed by atoms with Crippen molar-refractivity contribution in [2.45, 2.75) is 51.2 Å². The molecule has 2 atom stereocenters. The summed E-state index contributed by atoms with van der Waals surface area (Å²) >= 11 is 0. The Morgan fingerprint density at radius 3 is 2.42 bits per heavy atom. The molecule has 0 N–H and O–H groups in total. The van der Waals surface area contributed by atoms with Gasteiger partial charge in [-0.15, -0.1) is 0 Å². The van der Waals surface area contributed by atoms with E-state index in [1.807, 2.05) is 18.5 Å². The minimum atomic E-state index is -4.59. The first kappa shape index (κ1) is 24.2. The van der Waals surface area contributed by atoms with Gasteiger partial charge in [0.05, 0.1) is 23.2 Å². The first-order valence-corrected chi connectivity index (χ1v) is 12.0. The van der Waals surface area contributed by atoms with Gasteiger partial charge in [-0.1, -0.05) is 24.3 Å². The van der Waals surface area contributed by atoms with Crippen molar-refractivity contribution in [3.63, 3.8) is 0 Å². The van der Waals surface area contributed by atoms with Crippen molar-refractivity contribution in [1.29, 1.82) is 0 Å². The van der Waals surface area contributed by atoms with Gasteiger partial charge < -0.3 is 0 Å². The van der Waals surface area contributed by atoms with Crippen LogP contribution in [0.25, 0.3) is 0 Å². The van der Waals surface area contributed by atoms with Gasteiger partial charge in [-0.2, -0.15) is 18.3 Å². The Morgan fingerprint density at radius 1 is 1.11 bits per heavy atom. The number of carbonyl (C=O) groups is 2. The van der Waals surface area contributed by atoms with Gasteiger partial charge in [0.2, 0.25) is 5.91 Å². The highest BCUT2D eigenvalue weighted by Crippen LogP contribution is 2.49. The second-order valence-corrected chi connectivity index (χ2v) is 9.42. The number of hydrogen-bond donors (Lipinski definition) is 0. The predicted octanol–water partition coefficient (Wildman–Crippen LogP) is 6.07. The van der Waals surface area contributed by atoms with Crippen LogP contribution in [0.5, 0.6) is 0 Å². The highest BCUT2D eigenvalue weighted by molar-refractivity contribution is 6.04. The Labute approximate surface area is 205 Å². The predicted molar refractivity (Wildman–Crippen MR) is 125 cm³/mol. The Bertz CT molecular complexity index is 1330. The molecule has 1 aliphatic carbocycles. The number of nitrogens with zero attached hydrogens (tertiary/aromatic N) is 3. The molecule has 9 heteroatoms. The fourth-order valence-corrected chi connectivity index (χ4v) is 5.17. The van der Waals surface area contributed by atoms with E-state index in [1.54, 1.807) is 17.0 Å². The molecule has 188 valence electrons. The average molecular weight is 500 g/mol. The van der Waals surface area contributed by atoms with Gasteiger partial charge in [0, 0.05) is 30.0 Å². The topological polar surface area (TPSA) is 55.2 Å². The smallest absolute Gasteiger partial charge is 0.297 e. The van der Waals surface area contributed by atoms with E-state index in [4.69, 9.17) is 5.10 Å². The van der Waals surface area contributed by atoms with Gasteiger partial charge in [0.15, 0.2) is 5.78 Å². The molecule has 3 aromatic rings. The summed E-state index contributed by atoms with van der Waals surface area (Å²) in [5.41, 5.74) is 1.15. The molecule has 1 amide bonds. The van der Waals surface area contributed by atoms with E-state index in [-0.39, 0.29) is 23.9 Å². The molecule has 1 fully saturated rings. The number of hydrogen-bond acceptors (Lipinski definition) is 3. The van der Waals surface area contributed by atoms with Gasteiger partial charge in [-0.3, -0.25) is 14.5 Å². The first-order valence-electron chi connectivity index (χ1n) is 12.0. The lowest BCUT2D eigenvalue weighted by Crippen LogP contribution is -2.45. The van der Waals surface area contributed by atoms with Crippen molar-refractivity contribution in [2.24, 2.45) is 5.92 Å². The van der Waals surface area contributed by atoms with E-state index < -0.39 is 35.2 Å². The highest BCUT2D eigenvalue weighted by atomic mass is 19.4. The minimum Gasteiger partial charge on any atom is -0.297 e. The van der Waals surface area contributed by atoms with Gasteiger partial charge >= 0.3 is 6.18 Å². The van der Waals surface area contributed by atoms with Crippen molar-refractivity contribution in [2.75, 3.05) is 11.4 Å². The standard InChI is InChI=1S/C27H25F4N3O2/c1-3-33-25-23(15(2)32-34(25)20-11-12-20)24(16-7-9-19(28)10-8-16)21(26(33)36)14-22(35)17-5-4-6-18(13-17)27(29,30)31/h4-10,13,20-21,24H,3,11-12,14H2,1-2H3/t21-,24+/m0/s1. The molecule has 2 aliphatic rings. The number of rotatable bonds is 6. The lowest BCUT2D eigenvalue weighted by atomic mass is 9.74. The molecule has 0 unspecified atom stereocenters. The Kier molecular flexibility index (Phi) is 5.97. The van der Waals surface area contributed by atoms with Crippen LogP contribution in [-0.4, -0.2) is 28.0 Å². The number of ketones is 1. The molecular weight excluding hydrogens is 474 g/mol. The highest BCUT2D eigenvalue weighted by Gasteiger charge is 2.46. The molecule has 1 aromatic heterocycles. The summed E-state index contributed by atoms with van der Waals surface area (Å²) in [5.74, 6) is -2.05. The lowest BCUT2D eigenvalue weighted by Gasteiger charge is -2.38. The summed E-state index contributed by atoms with van der Waals surface area (Å²) in [4.78, 5) is 28.7. The molecule has 1 saturated carbocycles. The number of aryl methyl sites for hydroxylation is 1. The third kappa shape index (κ3) is 4.20. The molecule has 0 spiro atoms. The number of alkyl halides is 3. The summed E-state index contributed by atoms with van der Waals surface area (Å²) in [5, 5.41) is 4.73. The van der Waals surface area contributed by atoms with E-state index in [1.165, 1.54) is 24.3 Å².